The van der Waals surface area contributed by atoms with Gasteiger partial charge in [-0.25, -0.2) is 0 Å². The lowest BCUT2D eigenvalue weighted by atomic mass is 10.4. The Hall–Kier alpha value is -1.63. The van der Waals surface area contributed by atoms with Crippen LogP contribution in [-0.2, 0) is 6.54 Å². The maximum atomic E-state index is 8.24. The van der Waals surface area contributed by atoms with Crippen LogP contribution in [-0.4, -0.2) is 39.1 Å². The molecule has 0 unspecified atom stereocenters. The van der Waals surface area contributed by atoms with E-state index in [0.29, 0.717) is 6.54 Å². The van der Waals surface area contributed by atoms with Crippen molar-refractivity contribution in [3.8, 4) is 0 Å². The third-order valence-corrected chi connectivity index (χ3v) is 1.65. The zero-order chi connectivity index (χ0) is 10.2. The second kappa shape index (κ2) is 5.92. The topological polar surface area (TPSA) is 101 Å². The van der Waals surface area contributed by atoms with Gasteiger partial charge in [-0.05, 0) is 13.0 Å². The van der Waals surface area contributed by atoms with Crippen LogP contribution < -0.4 is 11.1 Å². The van der Waals surface area contributed by atoms with E-state index < -0.39 is 0 Å². The number of oxime groups is 1. The summed E-state index contributed by atoms with van der Waals surface area (Å²) >= 11 is 0. The van der Waals surface area contributed by atoms with Gasteiger partial charge in [0, 0.05) is 12.7 Å². The molecule has 1 aromatic heterocycles. The third-order valence-electron chi connectivity index (χ3n) is 1.65. The average Bonchev–Trinajstić information content (AvgIpc) is 2.69. The van der Waals surface area contributed by atoms with E-state index in [0.717, 1.165) is 19.5 Å². The van der Waals surface area contributed by atoms with Gasteiger partial charge in [-0.1, -0.05) is 10.4 Å². The summed E-state index contributed by atoms with van der Waals surface area (Å²) in [5.41, 5.74) is 5.26. The molecule has 0 saturated carbocycles. The van der Waals surface area contributed by atoms with Gasteiger partial charge in [-0.3, -0.25) is 4.68 Å². The van der Waals surface area contributed by atoms with Crippen LogP contribution >= 0.6 is 0 Å². The predicted octanol–water partition coefficient (Wildman–Crippen LogP) is -0.996. The highest BCUT2D eigenvalue weighted by molar-refractivity contribution is 5.81. The third kappa shape index (κ3) is 3.85. The Labute approximate surface area is 81.6 Å². The number of hydrogen-bond acceptors (Lipinski definition) is 5. The predicted molar refractivity (Wildman–Crippen MR) is 50.9 cm³/mol. The highest BCUT2D eigenvalue weighted by Gasteiger charge is 1.93. The highest BCUT2D eigenvalue weighted by Crippen LogP contribution is 1.85. The van der Waals surface area contributed by atoms with Crippen molar-refractivity contribution in [1.82, 2.24) is 20.3 Å². The van der Waals surface area contributed by atoms with E-state index in [4.69, 9.17) is 10.9 Å². The quantitative estimate of drug-likeness (QED) is 0.179. The van der Waals surface area contributed by atoms with Crippen molar-refractivity contribution in [2.24, 2.45) is 10.9 Å². The summed E-state index contributed by atoms with van der Waals surface area (Å²) in [6, 6.07) is 0. The molecule has 0 saturated heterocycles. The van der Waals surface area contributed by atoms with Crippen LogP contribution in [0.5, 0.6) is 0 Å². The second-order valence-electron chi connectivity index (χ2n) is 2.79. The van der Waals surface area contributed by atoms with Gasteiger partial charge in [0.05, 0.1) is 12.7 Å². The molecule has 0 atom stereocenters. The van der Waals surface area contributed by atoms with E-state index in [9.17, 15) is 0 Å². The number of aryl methyl sites for hydroxylation is 1. The fourth-order valence-electron chi connectivity index (χ4n) is 0.970. The van der Waals surface area contributed by atoms with Crippen molar-refractivity contribution in [1.29, 1.82) is 0 Å². The summed E-state index contributed by atoms with van der Waals surface area (Å²) < 4.78 is 1.76. The Balaban J connectivity index is 2.00. The van der Waals surface area contributed by atoms with Crippen LogP contribution in [0.25, 0.3) is 0 Å². The van der Waals surface area contributed by atoms with Crippen molar-refractivity contribution < 1.29 is 5.21 Å². The Morgan fingerprint density at radius 1 is 1.64 bits per heavy atom. The van der Waals surface area contributed by atoms with Gasteiger partial charge >= 0.3 is 0 Å². The van der Waals surface area contributed by atoms with Crippen molar-refractivity contribution in [2.45, 2.75) is 13.0 Å². The van der Waals surface area contributed by atoms with Gasteiger partial charge in [-0.2, -0.15) is 0 Å². The van der Waals surface area contributed by atoms with E-state index in [-0.39, 0.29) is 5.84 Å². The molecule has 4 N–H and O–H groups in total. The fourth-order valence-corrected chi connectivity index (χ4v) is 0.970. The van der Waals surface area contributed by atoms with Crippen LogP contribution in [0.4, 0.5) is 0 Å². The van der Waals surface area contributed by atoms with Gasteiger partial charge in [0.15, 0.2) is 5.84 Å². The van der Waals surface area contributed by atoms with Crippen LogP contribution in [0.15, 0.2) is 17.5 Å². The lowest BCUT2D eigenvalue weighted by molar-refractivity contribution is 0.317. The van der Waals surface area contributed by atoms with Crippen LogP contribution in [0.1, 0.15) is 6.42 Å². The monoisotopic (exact) mass is 198 g/mol. The number of nitrogens with one attached hydrogen (secondary N) is 1. The molecule has 0 bridgehead atoms. The molecule has 0 amide bonds. The highest BCUT2D eigenvalue weighted by atomic mass is 16.4. The molecular formula is C7H14N6O. The largest absolute Gasteiger partial charge is 0.409 e. The number of nitrogens with two attached hydrogens (primary N) is 1. The average molecular weight is 198 g/mol. The van der Waals surface area contributed by atoms with E-state index in [1.165, 1.54) is 0 Å². The van der Waals surface area contributed by atoms with Gasteiger partial charge in [0.25, 0.3) is 0 Å². The minimum atomic E-state index is 0.186. The molecular weight excluding hydrogens is 184 g/mol. The lowest BCUT2D eigenvalue weighted by Crippen LogP contribution is -2.30. The molecule has 0 aliphatic carbocycles. The standard InChI is InChI=1S/C7H14N6O/c8-7(11-14)6-9-2-1-4-13-5-3-10-12-13/h3,5,9,14H,1-2,4,6H2,(H2,8,11). The molecule has 0 spiro atoms. The molecule has 14 heavy (non-hydrogen) atoms. The molecule has 0 aliphatic rings. The van der Waals surface area contributed by atoms with Gasteiger partial charge in [0.2, 0.25) is 0 Å². The Morgan fingerprint density at radius 2 is 2.50 bits per heavy atom. The van der Waals surface area contributed by atoms with Gasteiger partial charge in [0.1, 0.15) is 0 Å². The second-order valence-corrected chi connectivity index (χ2v) is 2.79. The molecule has 0 aliphatic heterocycles. The SMILES string of the molecule is N/C(CNCCCn1ccnn1)=N/O. The van der Waals surface area contributed by atoms with Crippen LogP contribution in [0, 0.1) is 0 Å². The van der Waals surface area contributed by atoms with E-state index in [2.05, 4.69) is 20.8 Å². The van der Waals surface area contributed by atoms with Gasteiger partial charge in [-0.15, -0.1) is 5.10 Å². The number of rotatable bonds is 6. The minimum absolute atomic E-state index is 0.186. The summed E-state index contributed by atoms with van der Waals surface area (Å²) in [4.78, 5) is 0. The Bertz CT molecular complexity index is 270. The number of amidine groups is 1. The molecule has 0 fully saturated rings. The normalized spacial score (nSPS) is 11.9. The maximum absolute atomic E-state index is 8.24. The van der Waals surface area contributed by atoms with E-state index >= 15 is 0 Å². The number of hydrogen-bond donors (Lipinski definition) is 3. The zero-order valence-electron chi connectivity index (χ0n) is 7.80. The molecule has 0 radical (unpaired) electrons. The molecule has 0 aromatic carbocycles. The maximum Gasteiger partial charge on any atom is 0.153 e. The molecule has 7 heteroatoms. The molecule has 7 nitrogen and oxygen atoms in total. The summed E-state index contributed by atoms with van der Waals surface area (Å²) in [5.74, 6) is 0.186. The first kappa shape index (κ1) is 10.5. The summed E-state index contributed by atoms with van der Waals surface area (Å²) in [6.07, 6.45) is 4.37. The molecule has 1 rings (SSSR count). The Kier molecular flexibility index (Phi) is 4.42. The molecule has 1 aromatic rings. The van der Waals surface area contributed by atoms with Crippen molar-refractivity contribution in [3.05, 3.63) is 12.4 Å². The number of nitrogens with zero attached hydrogens (tertiary/aromatic N) is 4. The fraction of sp³-hybridized carbons (Fsp3) is 0.571. The van der Waals surface area contributed by atoms with Gasteiger partial charge < -0.3 is 16.3 Å². The van der Waals surface area contributed by atoms with E-state index in [1.54, 1.807) is 10.9 Å². The van der Waals surface area contributed by atoms with Crippen molar-refractivity contribution in [2.75, 3.05) is 13.1 Å². The van der Waals surface area contributed by atoms with Crippen molar-refractivity contribution >= 4 is 5.84 Å². The minimum Gasteiger partial charge on any atom is -0.409 e. The number of aromatic nitrogens is 3. The first-order valence-electron chi connectivity index (χ1n) is 4.34. The smallest absolute Gasteiger partial charge is 0.153 e. The summed E-state index contributed by atoms with van der Waals surface area (Å²) in [5, 5.41) is 21.6. The first-order chi connectivity index (χ1) is 6.83. The molecule has 1 heterocycles. The molecule has 78 valence electrons. The zero-order valence-corrected chi connectivity index (χ0v) is 7.80. The van der Waals surface area contributed by atoms with Crippen LogP contribution in [0.2, 0.25) is 0 Å². The Morgan fingerprint density at radius 3 is 3.14 bits per heavy atom. The lowest BCUT2D eigenvalue weighted by Gasteiger charge is -2.02. The summed E-state index contributed by atoms with van der Waals surface area (Å²) in [7, 11) is 0. The van der Waals surface area contributed by atoms with E-state index in [1.807, 2.05) is 6.20 Å². The van der Waals surface area contributed by atoms with Crippen molar-refractivity contribution in [3.63, 3.8) is 0 Å². The first-order valence-corrected chi connectivity index (χ1v) is 4.34. The van der Waals surface area contributed by atoms with Crippen LogP contribution in [0.3, 0.4) is 0 Å². The summed E-state index contributed by atoms with van der Waals surface area (Å²) in [6.45, 7) is 1.99.